The number of hydrogen-bond donors (Lipinski definition) is 1. The highest BCUT2D eigenvalue weighted by Gasteiger charge is 2.15. The van der Waals surface area contributed by atoms with E-state index in [0.717, 1.165) is 36.7 Å². The summed E-state index contributed by atoms with van der Waals surface area (Å²) in [4.78, 5) is 0. The Morgan fingerprint density at radius 1 is 1.29 bits per heavy atom. The molecule has 1 aliphatic heterocycles. The van der Waals surface area contributed by atoms with Gasteiger partial charge < -0.3 is 14.9 Å². The largest absolute Gasteiger partial charge is 0.346 e. The van der Waals surface area contributed by atoms with Crippen LogP contribution in [0, 0.1) is 0 Å². The van der Waals surface area contributed by atoms with E-state index in [4.69, 9.17) is 5.73 Å². The molecule has 2 aromatic heterocycles. The molecule has 2 N–H and O–H groups in total. The number of fused-ring (bicyclic) bond motifs is 1. The van der Waals surface area contributed by atoms with Crippen LogP contribution in [0.2, 0.25) is 0 Å². The van der Waals surface area contributed by atoms with Crippen molar-refractivity contribution < 1.29 is 0 Å². The third-order valence-electron chi connectivity index (χ3n) is 3.31. The first kappa shape index (κ1) is 10.5. The van der Waals surface area contributed by atoms with Crippen molar-refractivity contribution in [3.8, 4) is 0 Å². The molecule has 0 radical (unpaired) electrons. The van der Waals surface area contributed by atoms with Crippen LogP contribution in [0.25, 0.3) is 0 Å². The number of nitrogens with zero attached hydrogens (tertiary/aromatic N) is 4. The van der Waals surface area contributed by atoms with Crippen molar-refractivity contribution in [3.05, 3.63) is 35.7 Å². The lowest BCUT2D eigenvalue weighted by Gasteiger charge is -2.14. The van der Waals surface area contributed by atoms with Gasteiger partial charge in [-0.25, -0.2) is 0 Å². The highest BCUT2D eigenvalue weighted by Crippen LogP contribution is 2.15. The Hall–Kier alpha value is -1.62. The number of rotatable bonds is 3. The molecule has 90 valence electrons. The SMILES string of the molecule is NCc1ccn(Cc2nnc3n2CCCC3)c1. The second-order valence-electron chi connectivity index (χ2n) is 4.54. The Kier molecular flexibility index (Phi) is 2.68. The van der Waals surface area contributed by atoms with E-state index in [1.54, 1.807) is 0 Å². The third-order valence-corrected chi connectivity index (χ3v) is 3.31. The standard InChI is InChI=1S/C12H17N5/c13-7-10-4-6-16(8-10)9-12-15-14-11-3-1-2-5-17(11)12/h4,6,8H,1-3,5,7,9,13H2. The molecule has 0 aliphatic carbocycles. The van der Waals surface area contributed by atoms with Crippen LogP contribution in [0.15, 0.2) is 18.5 Å². The highest BCUT2D eigenvalue weighted by molar-refractivity contribution is 5.11. The maximum absolute atomic E-state index is 5.60. The normalized spacial score (nSPS) is 14.9. The van der Waals surface area contributed by atoms with Crippen molar-refractivity contribution in [1.29, 1.82) is 0 Å². The van der Waals surface area contributed by atoms with Crippen LogP contribution in [0.1, 0.15) is 30.1 Å². The molecule has 0 bridgehead atoms. The summed E-state index contributed by atoms with van der Waals surface area (Å²) in [5.74, 6) is 2.19. The van der Waals surface area contributed by atoms with Gasteiger partial charge in [0.2, 0.25) is 0 Å². The van der Waals surface area contributed by atoms with Gasteiger partial charge in [0.1, 0.15) is 5.82 Å². The fraction of sp³-hybridized carbons (Fsp3) is 0.500. The molecular weight excluding hydrogens is 214 g/mol. The fourth-order valence-electron chi connectivity index (χ4n) is 2.36. The van der Waals surface area contributed by atoms with Gasteiger partial charge in [-0.15, -0.1) is 10.2 Å². The van der Waals surface area contributed by atoms with Gasteiger partial charge in [0.05, 0.1) is 6.54 Å². The average Bonchev–Trinajstić information content (AvgIpc) is 2.97. The van der Waals surface area contributed by atoms with Gasteiger partial charge in [-0.3, -0.25) is 0 Å². The van der Waals surface area contributed by atoms with Gasteiger partial charge in [-0.2, -0.15) is 0 Å². The molecule has 0 saturated carbocycles. The first-order valence-corrected chi connectivity index (χ1v) is 6.12. The average molecular weight is 231 g/mol. The molecule has 0 spiro atoms. The van der Waals surface area contributed by atoms with E-state index in [1.807, 2.05) is 12.3 Å². The summed E-state index contributed by atoms with van der Waals surface area (Å²) in [6, 6.07) is 2.05. The predicted octanol–water partition coefficient (Wildman–Crippen LogP) is 0.923. The van der Waals surface area contributed by atoms with Crippen LogP contribution in [0.4, 0.5) is 0 Å². The number of aryl methyl sites for hydroxylation is 1. The first-order chi connectivity index (χ1) is 8.36. The van der Waals surface area contributed by atoms with Crippen LogP contribution in [0.3, 0.4) is 0 Å². The number of hydrogen-bond acceptors (Lipinski definition) is 3. The summed E-state index contributed by atoms with van der Waals surface area (Å²) in [5, 5.41) is 8.54. The van der Waals surface area contributed by atoms with Crippen molar-refractivity contribution in [2.24, 2.45) is 5.73 Å². The summed E-state index contributed by atoms with van der Waals surface area (Å²) in [6.45, 7) is 2.43. The highest BCUT2D eigenvalue weighted by atomic mass is 15.3. The van der Waals surface area contributed by atoms with Gasteiger partial charge in [-0.1, -0.05) is 0 Å². The van der Waals surface area contributed by atoms with Crippen molar-refractivity contribution in [1.82, 2.24) is 19.3 Å². The van der Waals surface area contributed by atoms with E-state index in [2.05, 4.69) is 25.5 Å². The van der Waals surface area contributed by atoms with Crippen molar-refractivity contribution in [2.75, 3.05) is 0 Å². The maximum Gasteiger partial charge on any atom is 0.152 e. The molecule has 17 heavy (non-hydrogen) atoms. The summed E-state index contributed by atoms with van der Waals surface area (Å²) in [6.07, 6.45) is 7.65. The van der Waals surface area contributed by atoms with Crippen LogP contribution < -0.4 is 5.73 Å². The van der Waals surface area contributed by atoms with Crippen LogP contribution in [-0.2, 0) is 26.1 Å². The molecule has 0 aromatic carbocycles. The Morgan fingerprint density at radius 3 is 3.06 bits per heavy atom. The lowest BCUT2D eigenvalue weighted by Crippen LogP contribution is -2.14. The quantitative estimate of drug-likeness (QED) is 0.854. The third kappa shape index (κ3) is 1.98. The topological polar surface area (TPSA) is 61.7 Å². The molecule has 5 heteroatoms. The van der Waals surface area contributed by atoms with E-state index in [-0.39, 0.29) is 0 Å². The smallest absolute Gasteiger partial charge is 0.152 e. The second kappa shape index (κ2) is 4.33. The van der Waals surface area contributed by atoms with E-state index in [1.165, 1.54) is 12.8 Å². The Morgan fingerprint density at radius 2 is 2.24 bits per heavy atom. The lowest BCUT2D eigenvalue weighted by molar-refractivity contribution is 0.502. The minimum Gasteiger partial charge on any atom is -0.346 e. The molecule has 3 rings (SSSR count). The zero-order valence-electron chi connectivity index (χ0n) is 9.84. The Bertz CT molecular complexity index is 511. The van der Waals surface area contributed by atoms with Crippen LogP contribution in [0.5, 0.6) is 0 Å². The summed E-state index contributed by atoms with van der Waals surface area (Å²) < 4.78 is 4.37. The van der Waals surface area contributed by atoms with Crippen molar-refractivity contribution in [3.63, 3.8) is 0 Å². The molecule has 2 aromatic rings. The molecular formula is C12H17N5. The monoisotopic (exact) mass is 231 g/mol. The van der Waals surface area contributed by atoms with E-state index < -0.39 is 0 Å². The molecule has 3 heterocycles. The number of aromatic nitrogens is 4. The molecule has 0 amide bonds. The van der Waals surface area contributed by atoms with Gasteiger partial charge >= 0.3 is 0 Å². The molecule has 0 unspecified atom stereocenters. The lowest BCUT2D eigenvalue weighted by atomic mass is 10.2. The van der Waals surface area contributed by atoms with E-state index in [0.29, 0.717) is 6.54 Å². The van der Waals surface area contributed by atoms with Gasteiger partial charge in [0.15, 0.2) is 5.82 Å². The van der Waals surface area contributed by atoms with Crippen molar-refractivity contribution >= 4 is 0 Å². The fourth-order valence-corrected chi connectivity index (χ4v) is 2.36. The summed E-state index contributed by atoms with van der Waals surface area (Å²) in [5.41, 5.74) is 6.76. The summed E-state index contributed by atoms with van der Waals surface area (Å²) >= 11 is 0. The van der Waals surface area contributed by atoms with Gasteiger partial charge in [0, 0.05) is 31.9 Å². The molecule has 0 saturated heterocycles. The molecule has 0 fully saturated rings. The minimum absolute atomic E-state index is 0.588. The zero-order chi connectivity index (χ0) is 11.7. The number of nitrogens with two attached hydrogens (primary N) is 1. The molecule has 5 nitrogen and oxygen atoms in total. The van der Waals surface area contributed by atoms with Crippen LogP contribution >= 0.6 is 0 Å². The first-order valence-electron chi connectivity index (χ1n) is 6.12. The van der Waals surface area contributed by atoms with Gasteiger partial charge in [-0.05, 0) is 24.5 Å². The Balaban J connectivity index is 1.82. The summed E-state index contributed by atoms with van der Waals surface area (Å²) in [7, 11) is 0. The van der Waals surface area contributed by atoms with Crippen LogP contribution in [-0.4, -0.2) is 19.3 Å². The van der Waals surface area contributed by atoms with E-state index >= 15 is 0 Å². The van der Waals surface area contributed by atoms with Gasteiger partial charge in [0.25, 0.3) is 0 Å². The minimum atomic E-state index is 0.588. The zero-order valence-corrected chi connectivity index (χ0v) is 9.84. The molecule has 0 atom stereocenters. The van der Waals surface area contributed by atoms with E-state index in [9.17, 15) is 0 Å². The maximum atomic E-state index is 5.60. The predicted molar refractivity (Wildman–Crippen MR) is 64.4 cm³/mol. The molecule has 1 aliphatic rings. The second-order valence-corrected chi connectivity index (χ2v) is 4.54. The Labute approximate surface area is 100 Å². The van der Waals surface area contributed by atoms with Crippen molar-refractivity contribution in [2.45, 2.75) is 38.9 Å².